The van der Waals surface area contributed by atoms with Crippen LogP contribution in [0.4, 0.5) is 5.69 Å². The molecule has 29 heavy (non-hydrogen) atoms. The molecule has 0 aliphatic heterocycles. The van der Waals surface area contributed by atoms with E-state index in [-0.39, 0.29) is 16.3 Å². The van der Waals surface area contributed by atoms with E-state index >= 15 is 0 Å². The summed E-state index contributed by atoms with van der Waals surface area (Å²) in [5.41, 5.74) is 1.12. The molecule has 7 nitrogen and oxygen atoms in total. The van der Waals surface area contributed by atoms with Crippen molar-refractivity contribution in [1.29, 1.82) is 0 Å². The van der Waals surface area contributed by atoms with Gasteiger partial charge in [-0.25, -0.2) is 4.79 Å². The zero-order chi connectivity index (χ0) is 20.8. The average Bonchev–Trinajstić information content (AvgIpc) is 3.22. The first-order valence-corrected chi connectivity index (χ1v) is 8.84. The van der Waals surface area contributed by atoms with Crippen LogP contribution in [-0.2, 0) is 9.53 Å². The van der Waals surface area contributed by atoms with Crippen LogP contribution in [0.5, 0.6) is 5.75 Å². The van der Waals surface area contributed by atoms with Crippen molar-refractivity contribution in [3.05, 3.63) is 70.9 Å². The fourth-order valence-electron chi connectivity index (χ4n) is 2.51. The minimum absolute atomic E-state index is 0.0717. The third-order valence-corrected chi connectivity index (χ3v) is 4.23. The number of hydrogen-bond donors (Lipinski definition) is 1. The van der Waals surface area contributed by atoms with Gasteiger partial charge in [-0.15, -0.1) is 0 Å². The minimum atomic E-state index is -0.764. The summed E-state index contributed by atoms with van der Waals surface area (Å²) >= 11 is 6.09. The van der Waals surface area contributed by atoms with E-state index in [9.17, 15) is 14.4 Å². The molecule has 0 saturated heterocycles. The van der Waals surface area contributed by atoms with Crippen LogP contribution in [0.25, 0.3) is 11.3 Å². The fraction of sp³-hybridized carbons (Fsp3) is 0.0952. The molecule has 1 aromatic heterocycles. The molecule has 0 spiro atoms. The third kappa shape index (κ3) is 5.03. The van der Waals surface area contributed by atoms with Crippen LogP contribution in [0.15, 0.2) is 59.0 Å². The fourth-order valence-corrected chi connectivity index (χ4v) is 2.71. The Morgan fingerprint density at radius 1 is 1.14 bits per heavy atom. The molecular formula is C21H16ClNO6. The highest BCUT2D eigenvalue weighted by atomic mass is 35.5. The van der Waals surface area contributed by atoms with Crippen molar-refractivity contribution in [1.82, 2.24) is 0 Å². The lowest BCUT2D eigenvalue weighted by molar-refractivity contribution is -0.119. The number of nitrogens with one attached hydrogen (secondary N) is 1. The molecule has 1 amide bonds. The van der Waals surface area contributed by atoms with Crippen LogP contribution in [0.3, 0.4) is 0 Å². The number of hydrogen-bond acceptors (Lipinski definition) is 6. The van der Waals surface area contributed by atoms with Gasteiger partial charge in [0.05, 0.1) is 17.7 Å². The quantitative estimate of drug-likeness (QED) is 0.460. The van der Waals surface area contributed by atoms with E-state index in [0.717, 1.165) is 0 Å². The maximum absolute atomic E-state index is 12.4. The number of halogens is 1. The molecule has 1 N–H and O–H groups in total. The monoisotopic (exact) mass is 413 g/mol. The summed E-state index contributed by atoms with van der Waals surface area (Å²) < 4.78 is 15.5. The van der Waals surface area contributed by atoms with Gasteiger partial charge in [0.25, 0.3) is 5.91 Å². The lowest BCUT2D eigenvalue weighted by Crippen LogP contribution is -2.21. The summed E-state index contributed by atoms with van der Waals surface area (Å²) in [5.74, 6) is -0.138. The number of carbonyl (C=O) groups is 3. The van der Waals surface area contributed by atoms with Crippen LogP contribution in [0.1, 0.15) is 20.9 Å². The van der Waals surface area contributed by atoms with E-state index < -0.39 is 18.5 Å². The van der Waals surface area contributed by atoms with Crippen molar-refractivity contribution in [3.8, 4) is 17.1 Å². The third-order valence-electron chi connectivity index (χ3n) is 3.90. The number of esters is 1. The molecular weight excluding hydrogens is 398 g/mol. The van der Waals surface area contributed by atoms with E-state index in [0.29, 0.717) is 29.0 Å². The second-order valence-electron chi connectivity index (χ2n) is 5.87. The SMILES string of the molecule is COc1cccc(NC(=O)COC(=O)c2cc(-c3ccc(C=O)o3)ccc2Cl)c1. The van der Waals surface area contributed by atoms with Gasteiger partial charge in [0.15, 0.2) is 18.7 Å². The molecule has 148 valence electrons. The number of benzene rings is 2. The Kier molecular flexibility index (Phi) is 6.31. The molecule has 3 rings (SSSR count). The first-order chi connectivity index (χ1) is 14.0. The number of carbonyl (C=O) groups excluding carboxylic acids is 3. The van der Waals surface area contributed by atoms with Crippen LogP contribution in [-0.4, -0.2) is 31.9 Å². The number of aldehydes is 1. The molecule has 0 aliphatic carbocycles. The van der Waals surface area contributed by atoms with Gasteiger partial charge in [-0.05, 0) is 42.5 Å². The number of anilines is 1. The second kappa shape index (κ2) is 9.07. The molecule has 0 radical (unpaired) electrons. The molecule has 8 heteroatoms. The molecule has 1 heterocycles. The number of rotatable bonds is 7. The Bertz CT molecular complexity index is 1060. The van der Waals surface area contributed by atoms with Gasteiger partial charge in [0.2, 0.25) is 0 Å². The predicted molar refractivity (Wildman–Crippen MR) is 106 cm³/mol. The molecule has 0 bridgehead atoms. The van der Waals surface area contributed by atoms with E-state index in [1.165, 1.54) is 25.3 Å². The Morgan fingerprint density at radius 3 is 2.69 bits per heavy atom. The number of methoxy groups -OCH3 is 1. The van der Waals surface area contributed by atoms with Crippen molar-refractivity contribution in [2.75, 3.05) is 19.0 Å². The molecule has 0 unspecified atom stereocenters. The van der Waals surface area contributed by atoms with Crippen LogP contribution in [0, 0.1) is 0 Å². The topological polar surface area (TPSA) is 94.8 Å². The Labute approximate surface area is 171 Å². The Balaban J connectivity index is 1.66. The van der Waals surface area contributed by atoms with E-state index in [2.05, 4.69) is 5.32 Å². The van der Waals surface area contributed by atoms with Crippen molar-refractivity contribution in [2.24, 2.45) is 0 Å². The van der Waals surface area contributed by atoms with Crippen molar-refractivity contribution in [3.63, 3.8) is 0 Å². The smallest absolute Gasteiger partial charge is 0.340 e. The van der Waals surface area contributed by atoms with Crippen molar-refractivity contribution < 1.29 is 28.3 Å². The maximum atomic E-state index is 12.4. The first-order valence-electron chi connectivity index (χ1n) is 8.46. The highest BCUT2D eigenvalue weighted by molar-refractivity contribution is 6.33. The highest BCUT2D eigenvalue weighted by Gasteiger charge is 2.16. The molecule has 2 aromatic carbocycles. The summed E-state index contributed by atoms with van der Waals surface area (Å²) in [5, 5.41) is 2.77. The van der Waals surface area contributed by atoms with Crippen molar-refractivity contribution >= 4 is 35.5 Å². The largest absolute Gasteiger partial charge is 0.497 e. The van der Waals surface area contributed by atoms with Crippen LogP contribution >= 0.6 is 11.6 Å². The molecule has 0 fully saturated rings. The highest BCUT2D eigenvalue weighted by Crippen LogP contribution is 2.27. The molecule has 0 atom stereocenters. The lowest BCUT2D eigenvalue weighted by Gasteiger charge is -2.09. The van der Waals surface area contributed by atoms with Gasteiger partial charge in [-0.2, -0.15) is 0 Å². The van der Waals surface area contributed by atoms with E-state index in [1.54, 1.807) is 36.4 Å². The van der Waals surface area contributed by atoms with Crippen LogP contribution in [0.2, 0.25) is 5.02 Å². The first kappa shape index (κ1) is 20.2. The standard InChI is InChI=1S/C21H16ClNO6/c1-27-15-4-2-3-14(10-15)23-20(25)12-28-21(26)17-9-13(5-7-18(17)22)19-8-6-16(11-24)29-19/h2-11H,12H2,1H3,(H,23,25). The summed E-state index contributed by atoms with van der Waals surface area (Å²) in [6, 6.07) is 14.5. The van der Waals surface area contributed by atoms with E-state index in [1.807, 2.05) is 0 Å². The minimum Gasteiger partial charge on any atom is -0.497 e. The summed E-state index contributed by atoms with van der Waals surface area (Å²) in [4.78, 5) is 35.2. The zero-order valence-corrected chi connectivity index (χ0v) is 16.1. The molecule has 3 aromatic rings. The van der Waals surface area contributed by atoms with Gasteiger partial charge >= 0.3 is 5.97 Å². The Hall–Kier alpha value is -3.58. The normalized spacial score (nSPS) is 10.3. The second-order valence-corrected chi connectivity index (χ2v) is 6.28. The number of amides is 1. The van der Waals surface area contributed by atoms with Gasteiger partial charge in [0, 0.05) is 17.3 Å². The average molecular weight is 414 g/mol. The van der Waals surface area contributed by atoms with Gasteiger partial charge in [0.1, 0.15) is 11.5 Å². The molecule has 0 saturated carbocycles. The van der Waals surface area contributed by atoms with Crippen molar-refractivity contribution in [2.45, 2.75) is 0 Å². The van der Waals surface area contributed by atoms with E-state index in [4.69, 9.17) is 25.5 Å². The van der Waals surface area contributed by atoms with Crippen LogP contribution < -0.4 is 10.1 Å². The number of ether oxygens (including phenoxy) is 2. The maximum Gasteiger partial charge on any atom is 0.340 e. The van der Waals surface area contributed by atoms with Gasteiger partial charge in [-0.3, -0.25) is 9.59 Å². The summed E-state index contributed by atoms with van der Waals surface area (Å²) in [6.45, 7) is -0.493. The van der Waals surface area contributed by atoms with Gasteiger partial charge in [-0.1, -0.05) is 17.7 Å². The summed E-state index contributed by atoms with van der Waals surface area (Å²) in [7, 11) is 1.52. The van der Waals surface area contributed by atoms with Gasteiger partial charge < -0.3 is 19.2 Å². The number of furan rings is 1. The Morgan fingerprint density at radius 2 is 1.97 bits per heavy atom. The zero-order valence-electron chi connectivity index (χ0n) is 15.3. The predicted octanol–water partition coefficient (Wildman–Crippen LogP) is 4.22. The molecule has 0 aliphatic rings. The lowest BCUT2D eigenvalue weighted by atomic mass is 10.1. The summed E-state index contributed by atoms with van der Waals surface area (Å²) in [6.07, 6.45) is 0.579.